The molecule has 0 amide bonds. The summed E-state index contributed by atoms with van der Waals surface area (Å²) in [5.41, 5.74) is 0. The van der Waals surface area contributed by atoms with Crippen molar-refractivity contribution in [1.82, 2.24) is 9.55 Å². The van der Waals surface area contributed by atoms with Gasteiger partial charge in [-0.3, -0.25) is 0 Å². The summed E-state index contributed by atoms with van der Waals surface area (Å²) in [5.74, 6) is 0.534. The zero-order valence-electron chi connectivity index (χ0n) is 5.84. The highest BCUT2D eigenvalue weighted by atomic mass is 32.2. The third-order valence-electron chi connectivity index (χ3n) is 1.84. The van der Waals surface area contributed by atoms with Crippen LogP contribution in [-0.2, 0) is 9.84 Å². The predicted octanol–water partition coefficient (Wildman–Crippen LogP) is -0.147. The fourth-order valence-corrected chi connectivity index (χ4v) is 2.61. The van der Waals surface area contributed by atoms with Gasteiger partial charge in [-0.15, -0.1) is 0 Å². The van der Waals surface area contributed by atoms with E-state index in [1.807, 2.05) is 4.57 Å². The molecule has 1 aromatic rings. The predicted molar refractivity (Wildman–Crippen MR) is 39.9 cm³/mol. The van der Waals surface area contributed by atoms with Gasteiger partial charge in [0, 0.05) is 12.4 Å². The number of aromatic nitrogens is 2. The van der Waals surface area contributed by atoms with Crippen molar-refractivity contribution < 1.29 is 8.42 Å². The van der Waals surface area contributed by atoms with E-state index in [4.69, 9.17) is 0 Å². The van der Waals surface area contributed by atoms with Crippen LogP contribution in [0.3, 0.4) is 0 Å². The van der Waals surface area contributed by atoms with Crippen LogP contribution in [0.25, 0.3) is 0 Å². The summed E-state index contributed by atoms with van der Waals surface area (Å²) in [4.78, 5) is 3.84. The molecule has 11 heavy (non-hydrogen) atoms. The molecule has 0 aromatic carbocycles. The summed E-state index contributed by atoms with van der Waals surface area (Å²) in [5, 5.41) is 0. The van der Waals surface area contributed by atoms with Gasteiger partial charge in [0.15, 0.2) is 9.84 Å². The maximum Gasteiger partial charge on any atom is 0.154 e. The van der Waals surface area contributed by atoms with Crippen molar-refractivity contribution in [3.63, 3.8) is 0 Å². The van der Waals surface area contributed by atoms with E-state index in [1.165, 1.54) is 0 Å². The number of imidazole rings is 1. The number of hydrogen-bond acceptors (Lipinski definition) is 3. The summed E-state index contributed by atoms with van der Waals surface area (Å²) >= 11 is 0. The molecule has 4 nitrogen and oxygen atoms in total. The molecular formula is C6H8N2O2S. The highest BCUT2D eigenvalue weighted by Crippen LogP contribution is 2.22. The lowest BCUT2D eigenvalue weighted by atomic mass is 10.4. The van der Waals surface area contributed by atoms with Gasteiger partial charge in [0.25, 0.3) is 0 Å². The Morgan fingerprint density at radius 1 is 1.45 bits per heavy atom. The first-order valence-electron chi connectivity index (χ1n) is 3.35. The standard InChI is InChI=1S/C6H8N2O2S/c9-11(10)3-6(4-11)8-2-1-7-5-8/h1-2,5-6H,3-4H2. The number of hydrogen-bond donors (Lipinski definition) is 0. The van der Waals surface area contributed by atoms with Crippen LogP contribution in [-0.4, -0.2) is 29.5 Å². The Kier molecular flexibility index (Phi) is 1.29. The molecule has 1 aliphatic heterocycles. The maximum absolute atomic E-state index is 10.8. The van der Waals surface area contributed by atoms with E-state index >= 15 is 0 Å². The molecule has 0 radical (unpaired) electrons. The third-order valence-corrected chi connectivity index (χ3v) is 3.62. The second kappa shape index (κ2) is 2.07. The molecule has 1 fully saturated rings. The SMILES string of the molecule is O=S1(=O)CC(n2ccnc2)C1. The minimum Gasteiger partial charge on any atom is -0.332 e. The lowest BCUT2D eigenvalue weighted by molar-refractivity contribution is 0.507. The van der Waals surface area contributed by atoms with Crippen LogP contribution in [0.5, 0.6) is 0 Å². The first-order valence-corrected chi connectivity index (χ1v) is 5.17. The number of nitrogens with zero attached hydrogens (tertiary/aromatic N) is 2. The molecule has 0 saturated carbocycles. The van der Waals surface area contributed by atoms with E-state index in [0.717, 1.165) is 0 Å². The maximum atomic E-state index is 10.8. The molecule has 1 aliphatic rings. The Hall–Kier alpha value is -0.840. The molecule has 1 aromatic heterocycles. The molecule has 2 rings (SSSR count). The molecule has 5 heteroatoms. The molecule has 60 valence electrons. The summed E-state index contributed by atoms with van der Waals surface area (Å²) in [7, 11) is -2.71. The Morgan fingerprint density at radius 2 is 2.18 bits per heavy atom. The van der Waals surface area contributed by atoms with Gasteiger partial charge in [-0.1, -0.05) is 0 Å². The van der Waals surface area contributed by atoms with Crippen LogP contribution >= 0.6 is 0 Å². The largest absolute Gasteiger partial charge is 0.332 e. The Balaban J connectivity index is 2.14. The van der Waals surface area contributed by atoms with Gasteiger partial charge in [0.1, 0.15) is 0 Å². The number of sulfone groups is 1. The average molecular weight is 172 g/mol. The minimum absolute atomic E-state index is 0.127. The topological polar surface area (TPSA) is 52.0 Å². The lowest BCUT2D eigenvalue weighted by Crippen LogP contribution is -2.37. The molecule has 0 atom stereocenters. The molecule has 1 saturated heterocycles. The molecular weight excluding hydrogens is 164 g/mol. The zero-order valence-corrected chi connectivity index (χ0v) is 6.66. The van der Waals surface area contributed by atoms with Gasteiger partial charge in [0.2, 0.25) is 0 Å². The second-order valence-electron chi connectivity index (χ2n) is 2.74. The quantitative estimate of drug-likeness (QED) is 0.592. The van der Waals surface area contributed by atoms with Crippen LogP contribution in [0.4, 0.5) is 0 Å². The van der Waals surface area contributed by atoms with E-state index in [0.29, 0.717) is 0 Å². The normalized spacial score (nSPS) is 22.9. The first-order chi connectivity index (χ1) is 5.17. The zero-order chi connectivity index (χ0) is 7.90. The van der Waals surface area contributed by atoms with E-state index in [2.05, 4.69) is 4.98 Å². The fraction of sp³-hybridized carbons (Fsp3) is 0.500. The van der Waals surface area contributed by atoms with Crippen molar-refractivity contribution >= 4 is 9.84 Å². The van der Waals surface area contributed by atoms with Crippen molar-refractivity contribution in [2.24, 2.45) is 0 Å². The Labute approximate surface area is 64.8 Å². The van der Waals surface area contributed by atoms with Crippen molar-refractivity contribution in [3.05, 3.63) is 18.7 Å². The van der Waals surface area contributed by atoms with Crippen molar-refractivity contribution in [2.45, 2.75) is 6.04 Å². The van der Waals surface area contributed by atoms with E-state index in [1.54, 1.807) is 18.7 Å². The van der Waals surface area contributed by atoms with Gasteiger partial charge < -0.3 is 4.57 Å². The molecule has 0 spiro atoms. The first kappa shape index (κ1) is 6.84. The van der Waals surface area contributed by atoms with E-state index in [-0.39, 0.29) is 17.5 Å². The van der Waals surface area contributed by atoms with Gasteiger partial charge in [-0.2, -0.15) is 0 Å². The Bertz CT molecular complexity index is 329. The van der Waals surface area contributed by atoms with Crippen molar-refractivity contribution in [3.8, 4) is 0 Å². The third kappa shape index (κ3) is 1.16. The van der Waals surface area contributed by atoms with Gasteiger partial charge >= 0.3 is 0 Å². The smallest absolute Gasteiger partial charge is 0.154 e. The minimum atomic E-state index is -2.71. The fourth-order valence-electron chi connectivity index (χ4n) is 1.19. The molecule has 0 unspecified atom stereocenters. The highest BCUT2D eigenvalue weighted by Gasteiger charge is 2.34. The van der Waals surface area contributed by atoms with Crippen LogP contribution in [0, 0.1) is 0 Å². The van der Waals surface area contributed by atoms with Crippen LogP contribution in [0.15, 0.2) is 18.7 Å². The average Bonchev–Trinajstić information content (AvgIpc) is 2.32. The molecule has 0 N–H and O–H groups in total. The Morgan fingerprint density at radius 3 is 2.64 bits per heavy atom. The number of rotatable bonds is 1. The summed E-state index contributed by atoms with van der Waals surface area (Å²) in [6.45, 7) is 0. The second-order valence-corrected chi connectivity index (χ2v) is 4.89. The van der Waals surface area contributed by atoms with Gasteiger partial charge in [-0.05, 0) is 0 Å². The molecule has 2 heterocycles. The molecule has 0 bridgehead atoms. The van der Waals surface area contributed by atoms with Gasteiger partial charge in [-0.25, -0.2) is 13.4 Å². The van der Waals surface area contributed by atoms with Crippen molar-refractivity contribution in [1.29, 1.82) is 0 Å². The summed E-state index contributed by atoms with van der Waals surface area (Å²) < 4.78 is 23.4. The molecule has 0 aliphatic carbocycles. The van der Waals surface area contributed by atoms with Crippen molar-refractivity contribution in [2.75, 3.05) is 11.5 Å². The van der Waals surface area contributed by atoms with Crippen LogP contribution in [0.1, 0.15) is 6.04 Å². The highest BCUT2D eigenvalue weighted by molar-refractivity contribution is 7.92. The van der Waals surface area contributed by atoms with Gasteiger partial charge in [0.05, 0.1) is 23.9 Å². The summed E-state index contributed by atoms with van der Waals surface area (Å²) in [6, 6.07) is 0.127. The summed E-state index contributed by atoms with van der Waals surface area (Å²) in [6.07, 6.45) is 5.10. The van der Waals surface area contributed by atoms with Crippen LogP contribution in [0.2, 0.25) is 0 Å². The lowest BCUT2D eigenvalue weighted by Gasteiger charge is -2.26. The van der Waals surface area contributed by atoms with E-state index in [9.17, 15) is 8.42 Å². The van der Waals surface area contributed by atoms with Crippen LogP contribution < -0.4 is 0 Å². The monoisotopic (exact) mass is 172 g/mol. The van der Waals surface area contributed by atoms with E-state index < -0.39 is 9.84 Å².